The van der Waals surface area contributed by atoms with Gasteiger partial charge in [-0.1, -0.05) is 29.8 Å². The third-order valence-electron chi connectivity index (χ3n) is 2.50. The lowest BCUT2D eigenvalue weighted by Crippen LogP contribution is -2.09. The maximum absolute atomic E-state index is 13.4. The van der Waals surface area contributed by atoms with Gasteiger partial charge in [0.2, 0.25) is 0 Å². The van der Waals surface area contributed by atoms with E-state index in [4.69, 9.17) is 16.7 Å². The van der Waals surface area contributed by atoms with Crippen LogP contribution in [-0.2, 0) is 6.54 Å². The van der Waals surface area contributed by atoms with Crippen LogP contribution in [0.25, 0.3) is 0 Å². The van der Waals surface area contributed by atoms with Crippen LogP contribution in [0.1, 0.15) is 15.9 Å². The molecular formula is C13H10ClFN2O2. The second-order valence-electron chi connectivity index (χ2n) is 3.78. The van der Waals surface area contributed by atoms with E-state index in [-0.39, 0.29) is 28.9 Å². The fraction of sp³-hybridized carbons (Fsp3) is 0.0769. The minimum Gasteiger partial charge on any atom is -0.478 e. The topological polar surface area (TPSA) is 62.2 Å². The van der Waals surface area contributed by atoms with Crippen LogP contribution in [0.3, 0.4) is 0 Å². The van der Waals surface area contributed by atoms with Gasteiger partial charge in [0, 0.05) is 12.1 Å². The maximum Gasteiger partial charge on any atom is 0.339 e. The highest BCUT2D eigenvalue weighted by Gasteiger charge is 2.12. The smallest absolute Gasteiger partial charge is 0.339 e. The van der Waals surface area contributed by atoms with E-state index in [2.05, 4.69) is 10.3 Å². The van der Waals surface area contributed by atoms with Crippen LogP contribution in [-0.4, -0.2) is 16.1 Å². The molecule has 0 amide bonds. The molecule has 1 aromatic heterocycles. The summed E-state index contributed by atoms with van der Waals surface area (Å²) >= 11 is 5.72. The standard InChI is InChI=1S/C13H10ClFN2O2/c14-11-6-5-9(13(18)19)12(17-11)16-7-8-3-1-2-4-10(8)15/h1-6H,7H2,(H,16,17)(H,18,19). The molecule has 6 heteroatoms. The first-order valence-electron chi connectivity index (χ1n) is 5.45. The molecule has 0 fully saturated rings. The van der Waals surface area contributed by atoms with Gasteiger partial charge in [-0.3, -0.25) is 0 Å². The molecule has 0 aliphatic rings. The van der Waals surface area contributed by atoms with Gasteiger partial charge in [-0.15, -0.1) is 0 Å². The highest BCUT2D eigenvalue weighted by molar-refractivity contribution is 6.29. The second kappa shape index (κ2) is 5.67. The van der Waals surface area contributed by atoms with Crippen molar-refractivity contribution in [3.05, 3.63) is 58.5 Å². The Bertz CT molecular complexity index is 619. The highest BCUT2D eigenvalue weighted by Crippen LogP contribution is 2.18. The predicted octanol–water partition coefficient (Wildman–Crippen LogP) is 3.18. The van der Waals surface area contributed by atoms with Crippen LogP contribution in [0.5, 0.6) is 0 Å². The van der Waals surface area contributed by atoms with Crippen molar-refractivity contribution in [3.63, 3.8) is 0 Å². The summed E-state index contributed by atoms with van der Waals surface area (Å²) in [6.07, 6.45) is 0. The summed E-state index contributed by atoms with van der Waals surface area (Å²) in [5.74, 6) is -1.38. The van der Waals surface area contributed by atoms with Crippen molar-refractivity contribution in [2.45, 2.75) is 6.54 Å². The Morgan fingerprint density at radius 2 is 2.05 bits per heavy atom. The van der Waals surface area contributed by atoms with E-state index in [0.29, 0.717) is 5.56 Å². The van der Waals surface area contributed by atoms with E-state index in [9.17, 15) is 9.18 Å². The number of anilines is 1. The Morgan fingerprint density at radius 3 is 2.74 bits per heavy atom. The zero-order valence-electron chi connectivity index (χ0n) is 9.73. The molecule has 0 unspecified atom stereocenters. The molecule has 0 bridgehead atoms. The van der Waals surface area contributed by atoms with Crippen molar-refractivity contribution in [2.75, 3.05) is 5.32 Å². The molecule has 0 aliphatic carbocycles. The average Bonchev–Trinajstić information content (AvgIpc) is 2.37. The van der Waals surface area contributed by atoms with Crippen molar-refractivity contribution < 1.29 is 14.3 Å². The third-order valence-corrected chi connectivity index (χ3v) is 2.71. The van der Waals surface area contributed by atoms with Crippen LogP contribution in [0, 0.1) is 5.82 Å². The van der Waals surface area contributed by atoms with Gasteiger partial charge in [0.05, 0.1) is 0 Å². The number of carbonyl (C=O) groups is 1. The molecule has 0 aliphatic heterocycles. The molecule has 19 heavy (non-hydrogen) atoms. The van der Waals surface area contributed by atoms with Gasteiger partial charge >= 0.3 is 5.97 Å². The van der Waals surface area contributed by atoms with Gasteiger partial charge in [-0.25, -0.2) is 14.2 Å². The largest absolute Gasteiger partial charge is 0.478 e. The first kappa shape index (κ1) is 13.3. The maximum atomic E-state index is 13.4. The van der Waals surface area contributed by atoms with Crippen LogP contribution >= 0.6 is 11.6 Å². The molecule has 0 radical (unpaired) electrons. The SMILES string of the molecule is O=C(O)c1ccc(Cl)nc1NCc1ccccc1F. The van der Waals surface area contributed by atoms with Crippen LogP contribution < -0.4 is 5.32 Å². The van der Waals surface area contributed by atoms with E-state index in [1.54, 1.807) is 18.2 Å². The number of nitrogens with zero attached hydrogens (tertiary/aromatic N) is 1. The van der Waals surface area contributed by atoms with Gasteiger partial charge in [-0.05, 0) is 18.2 Å². The lowest BCUT2D eigenvalue weighted by atomic mass is 10.2. The van der Waals surface area contributed by atoms with Crippen molar-refractivity contribution in [1.82, 2.24) is 4.98 Å². The summed E-state index contributed by atoms with van der Waals surface area (Å²) in [5.41, 5.74) is 0.404. The number of halogens is 2. The zero-order chi connectivity index (χ0) is 13.8. The van der Waals surface area contributed by atoms with E-state index in [1.165, 1.54) is 18.2 Å². The number of benzene rings is 1. The molecule has 98 valence electrons. The molecule has 0 spiro atoms. The summed E-state index contributed by atoms with van der Waals surface area (Å²) in [7, 11) is 0. The number of carboxylic acid groups (broad SMARTS) is 1. The number of hydrogen-bond acceptors (Lipinski definition) is 3. The first-order valence-corrected chi connectivity index (χ1v) is 5.83. The molecule has 0 atom stereocenters. The number of aromatic carboxylic acids is 1. The number of rotatable bonds is 4. The number of pyridine rings is 1. The lowest BCUT2D eigenvalue weighted by molar-refractivity contribution is 0.0697. The number of hydrogen-bond donors (Lipinski definition) is 2. The molecule has 0 saturated carbocycles. The number of carboxylic acids is 1. The molecule has 1 heterocycles. The van der Waals surface area contributed by atoms with E-state index in [1.807, 2.05) is 0 Å². The van der Waals surface area contributed by atoms with Gasteiger partial charge in [-0.2, -0.15) is 0 Å². The van der Waals surface area contributed by atoms with Gasteiger partial charge < -0.3 is 10.4 Å². The highest BCUT2D eigenvalue weighted by atomic mass is 35.5. The van der Waals surface area contributed by atoms with Crippen molar-refractivity contribution in [2.24, 2.45) is 0 Å². The fourth-order valence-electron chi connectivity index (χ4n) is 1.56. The summed E-state index contributed by atoms with van der Waals surface area (Å²) < 4.78 is 13.4. The van der Waals surface area contributed by atoms with Gasteiger partial charge in [0.25, 0.3) is 0 Å². The van der Waals surface area contributed by atoms with Crippen LogP contribution in [0.15, 0.2) is 36.4 Å². The zero-order valence-corrected chi connectivity index (χ0v) is 10.5. The number of aromatic nitrogens is 1. The molecule has 4 nitrogen and oxygen atoms in total. The first-order chi connectivity index (χ1) is 9.08. The quantitative estimate of drug-likeness (QED) is 0.845. The van der Waals surface area contributed by atoms with Gasteiger partial charge in [0.15, 0.2) is 0 Å². The Labute approximate surface area is 113 Å². The summed E-state index contributed by atoms with van der Waals surface area (Å²) in [5, 5.41) is 12.0. The average molecular weight is 281 g/mol. The van der Waals surface area contributed by atoms with E-state index in [0.717, 1.165) is 0 Å². The van der Waals surface area contributed by atoms with E-state index < -0.39 is 5.97 Å². The van der Waals surface area contributed by atoms with Crippen molar-refractivity contribution in [3.8, 4) is 0 Å². The minimum atomic E-state index is -1.12. The van der Waals surface area contributed by atoms with Gasteiger partial charge in [0.1, 0.15) is 22.4 Å². The second-order valence-corrected chi connectivity index (χ2v) is 4.17. The Kier molecular flexibility index (Phi) is 3.97. The summed E-state index contributed by atoms with van der Waals surface area (Å²) in [6, 6.07) is 8.96. The third kappa shape index (κ3) is 3.20. The summed E-state index contributed by atoms with van der Waals surface area (Å²) in [6.45, 7) is 0.125. The molecule has 2 rings (SSSR count). The summed E-state index contributed by atoms with van der Waals surface area (Å²) in [4.78, 5) is 14.9. The van der Waals surface area contributed by atoms with Crippen LogP contribution in [0.4, 0.5) is 10.2 Å². The molecule has 2 N–H and O–H groups in total. The number of nitrogens with one attached hydrogen (secondary N) is 1. The Morgan fingerprint density at radius 1 is 1.32 bits per heavy atom. The molecule has 2 aromatic rings. The molecular weight excluding hydrogens is 271 g/mol. The normalized spacial score (nSPS) is 10.2. The van der Waals surface area contributed by atoms with E-state index >= 15 is 0 Å². The van der Waals surface area contributed by atoms with Crippen molar-refractivity contribution >= 4 is 23.4 Å². The van der Waals surface area contributed by atoms with Crippen molar-refractivity contribution in [1.29, 1.82) is 0 Å². The van der Waals surface area contributed by atoms with Crippen LogP contribution in [0.2, 0.25) is 5.15 Å². The Balaban J connectivity index is 2.22. The lowest BCUT2D eigenvalue weighted by Gasteiger charge is -2.09. The Hall–Kier alpha value is -2.14. The molecule has 1 aromatic carbocycles. The fourth-order valence-corrected chi connectivity index (χ4v) is 1.71. The predicted molar refractivity (Wildman–Crippen MR) is 69.9 cm³/mol. The molecule has 0 saturated heterocycles. The monoisotopic (exact) mass is 280 g/mol. The minimum absolute atomic E-state index is 0.0132.